The largest absolute Gasteiger partial charge is 0.459 e. The topological polar surface area (TPSA) is 68.5 Å². The average molecular weight is 234 g/mol. The van der Waals surface area contributed by atoms with Gasteiger partial charge >= 0.3 is 11.9 Å². The summed E-state index contributed by atoms with van der Waals surface area (Å²) in [6, 6.07) is 1.49. The lowest BCUT2D eigenvalue weighted by Crippen LogP contribution is -2.28. The molecule has 1 rings (SSSR count). The number of nitrogens with zero attached hydrogens (tertiary/aromatic N) is 3. The van der Waals surface area contributed by atoms with Crippen LogP contribution in [0.3, 0.4) is 0 Å². The highest BCUT2D eigenvalue weighted by atomic mass is 16.6. The third kappa shape index (κ3) is 4.93. The number of esters is 1. The summed E-state index contributed by atoms with van der Waals surface area (Å²) >= 11 is 0. The molecule has 1 N–H and O–H groups in total. The fraction of sp³-hybridized carbons (Fsp3) is 0.455. The number of anilines is 1. The molecule has 90 valence electrons. The minimum absolute atomic E-state index is 0.0290. The molecule has 0 bridgehead atoms. The van der Waals surface area contributed by atoms with Gasteiger partial charge in [-0.05, 0) is 26.8 Å². The number of nitrogens with one attached hydrogen (secondary N) is 1. The van der Waals surface area contributed by atoms with Crippen LogP contribution in [0.25, 0.3) is 4.85 Å². The molecule has 0 aliphatic rings. The van der Waals surface area contributed by atoms with Gasteiger partial charge in [-0.1, -0.05) is 11.6 Å². The van der Waals surface area contributed by atoms with Gasteiger partial charge in [0.2, 0.25) is 0 Å². The Morgan fingerprint density at radius 2 is 2.29 bits per heavy atom. The number of rotatable bonds is 3. The van der Waals surface area contributed by atoms with E-state index in [1.807, 2.05) is 0 Å². The predicted molar refractivity (Wildman–Crippen MR) is 62.6 cm³/mol. The molecule has 0 saturated carbocycles. The molecule has 0 atom stereocenters. The van der Waals surface area contributed by atoms with Crippen LogP contribution >= 0.6 is 0 Å². The van der Waals surface area contributed by atoms with Crippen LogP contribution in [0.4, 0.5) is 11.8 Å². The predicted octanol–water partition coefficient (Wildman–Crippen LogP) is 1.78. The molecule has 1 heterocycles. The molecule has 6 heteroatoms. The van der Waals surface area contributed by atoms with Crippen LogP contribution in [0.1, 0.15) is 20.8 Å². The van der Waals surface area contributed by atoms with E-state index in [2.05, 4.69) is 20.1 Å². The zero-order valence-electron chi connectivity index (χ0n) is 10.0. The molecule has 0 spiro atoms. The lowest BCUT2D eigenvalue weighted by molar-refractivity contribution is -0.152. The lowest BCUT2D eigenvalue weighted by Gasteiger charge is -2.19. The van der Waals surface area contributed by atoms with Gasteiger partial charge in [0.15, 0.2) is 0 Å². The van der Waals surface area contributed by atoms with E-state index in [0.717, 1.165) is 0 Å². The van der Waals surface area contributed by atoms with Crippen LogP contribution in [0, 0.1) is 6.57 Å². The minimum Gasteiger partial charge on any atom is -0.459 e. The van der Waals surface area contributed by atoms with Gasteiger partial charge in [0.1, 0.15) is 12.1 Å². The summed E-state index contributed by atoms with van der Waals surface area (Å²) in [7, 11) is 0. The van der Waals surface area contributed by atoms with E-state index >= 15 is 0 Å². The van der Waals surface area contributed by atoms with E-state index in [1.54, 1.807) is 20.8 Å². The Balaban J connectivity index is 2.51. The lowest BCUT2D eigenvalue weighted by atomic mass is 10.2. The van der Waals surface area contributed by atoms with Crippen molar-refractivity contribution in [3.63, 3.8) is 0 Å². The first kappa shape index (κ1) is 12.9. The van der Waals surface area contributed by atoms with Crippen molar-refractivity contribution in [1.29, 1.82) is 0 Å². The summed E-state index contributed by atoms with van der Waals surface area (Å²) in [6.07, 6.45) is 1.46. The molecule has 17 heavy (non-hydrogen) atoms. The van der Waals surface area contributed by atoms with Crippen molar-refractivity contribution < 1.29 is 9.53 Å². The van der Waals surface area contributed by atoms with E-state index in [-0.39, 0.29) is 18.3 Å². The molecule has 6 nitrogen and oxygen atoms in total. The van der Waals surface area contributed by atoms with E-state index < -0.39 is 11.6 Å². The first-order valence-corrected chi connectivity index (χ1v) is 5.07. The Labute approximate surface area is 99.9 Å². The molecule has 0 saturated heterocycles. The Kier molecular flexibility index (Phi) is 3.99. The van der Waals surface area contributed by atoms with Crippen molar-refractivity contribution >= 4 is 17.7 Å². The van der Waals surface area contributed by atoms with Gasteiger partial charge in [0.25, 0.3) is 5.82 Å². The maximum absolute atomic E-state index is 11.4. The minimum atomic E-state index is -0.516. The third-order valence-corrected chi connectivity index (χ3v) is 1.57. The molecule has 0 radical (unpaired) electrons. The van der Waals surface area contributed by atoms with Crippen LogP contribution in [0.2, 0.25) is 0 Å². The van der Waals surface area contributed by atoms with Gasteiger partial charge < -0.3 is 14.9 Å². The molecule has 0 fully saturated rings. The second-order valence-electron chi connectivity index (χ2n) is 4.29. The first-order chi connectivity index (χ1) is 7.90. The monoisotopic (exact) mass is 234 g/mol. The Morgan fingerprint density at radius 3 is 2.88 bits per heavy atom. The number of aromatic nitrogens is 2. The Hall–Kier alpha value is -2.16. The van der Waals surface area contributed by atoms with E-state index in [0.29, 0.717) is 0 Å². The fourth-order valence-corrected chi connectivity index (χ4v) is 1.03. The standard InChI is InChI=1S/C11H14N4O2/c1-11(2,3)17-9(16)7-14-10-13-6-5-8(12-4)15-10/h5-6H,7H2,1-3H3,(H,13,14,15). The molecule has 1 aromatic heterocycles. The highest BCUT2D eigenvalue weighted by molar-refractivity contribution is 5.74. The molecular weight excluding hydrogens is 220 g/mol. The second kappa shape index (κ2) is 5.25. The maximum Gasteiger partial charge on any atom is 0.326 e. The number of ether oxygens (including phenoxy) is 1. The van der Waals surface area contributed by atoms with Gasteiger partial charge in [-0.25, -0.2) is 4.98 Å². The van der Waals surface area contributed by atoms with Gasteiger partial charge in [-0.2, -0.15) is 0 Å². The summed E-state index contributed by atoms with van der Waals surface area (Å²) < 4.78 is 5.10. The molecule has 1 aromatic rings. The van der Waals surface area contributed by atoms with Crippen molar-refractivity contribution in [2.24, 2.45) is 0 Å². The zero-order valence-corrected chi connectivity index (χ0v) is 10.0. The molecule has 0 amide bonds. The van der Waals surface area contributed by atoms with Gasteiger partial charge in [-0.15, -0.1) is 0 Å². The Bertz CT molecular complexity index is 446. The summed E-state index contributed by atoms with van der Waals surface area (Å²) in [6.45, 7) is 12.1. The summed E-state index contributed by atoms with van der Waals surface area (Å²) in [5.74, 6) is 0.0744. The van der Waals surface area contributed by atoms with Crippen LogP contribution < -0.4 is 5.32 Å². The van der Waals surface area contributed by atoms with Crippen LogP contribution in [-0.4, -0.2) is 28.1 Å². The highest BCUT2D eigenvalue weighted by Crippen LogP contribution is 2.09. The number of hydrogen-bond acceptors (Lipinski definition) is 5. The summed E-state index contributed by atoms with van der Waals surface area (Å²) in [5.41, 5.74) is -0.516. The third-order valence-electron chi connectivity index (χ3n) is 1.57. The quantitative estimate of drug-likeness (QED) is 0.637. The van der Waals surface area contributed by atoms with E-state index in [4.69, 9.17) is 11.3 Å². The van der Waals surface area contributed by atoms with Crippen molar-refractivity contribution in [3.8, 4) is 0 Å². The smallest absolute Gasteiger partial charge is 0.326 e. The zero-order chi connectivity index (χ0) is 12.9. The van der Waals surface area contributed by atoms with Crippen LogP contribution in [0.15, 0.2) is 12.3 Å². The normalized spacial score (nSPS) is 10.5. The van der Waals surface area contributed by atoms with Gasteiger partial charge in [0, 0.05) is 6.20 Å². The van der Waals surface area contributed by atoms with Crippen molar-refractivity contribution in [1.82, 2.24) is 9.97 Å². The summed E-state index contributed by atoms with van der Waals surface area (Å²) in [5, 5.41) is 2.70. The molecule has 0 unspecified atom stereocenters. The Morgan fingerprint density at radius 1 is 1.59 bits per heavy atom. The van der Waals surface area contributed by atoms with E-state index in [1.165, 1.54) is 12.3 Å². The number of carbonyl (C=O) groups is 1. The van der Waals surface area contributed by atoms with E-state index in [9.17, 15) is 4.79 Å². The van der Waals surface area contributed by atoms with Gasteiger partial charge in [0.05, 0.1) is 0 Å². The second-order valence-corrected chi connectivity index (χ2v) is 4.29. The SMILES string of the molecule is [C-]#[N+]c1ccnc(NCC(=O)OC(C)(C)C)n1. The molecular formula is C11H14N4O2. The molecule has 0 aliphatic carbocycles. The van der Waals surface area contributed by atoms with Crippen molar-refractivity contribution in [3.05, 3.63) is 23.7 Å². The molecule has 0 aromatic carbocycles. The average Bonchev–Trinajstić information content (AvgIpc) is 2.24. The van der Waals surface area contributed by atoms with Crippen LogP contribution in [0.5, 0.6) is 0 Å². The van der Waals surface area contributed by atoms with Crippen molar-refractivity contribution in [2.75, 3.05) is 11.9 Å². The highest BCUT2D eigenvalue weighted by Gasteiger charge is 2.16. The number of carbonyl (C=O) groups excluding carboxylic acids is 1. The fourth-order valence-electron chi connectivity index (χ4n) is 1.03. The van der Waals surface area contributed by atoms with Crippen LogP contribution in [-0.2, 0) is 9.53 Å². The maximum atomic E-state index is 11.4. The molecule has 0 aliphatic heterocycles. The summed E-state index contributed by atoms with van der Waals surface area (Å²) in [4.78, 5) is 22.3. The first-order valence-electron chi connectivity index (χ1n) is 5.07. The van der Waals surface area contributed by atoms with Gasteiger partial charge in [-0.3, -0.25) is 4.79 Å². The van der Waals surface area contributed by atoms with Crippen molar-refractivity contribution in [2.45, 2.75) is 26.4 Å². The number of hydrogen-bond donors (Lipinski definition) is 1.